The van der Waals surface area contributed by atoms with Crippen LogP contribution < -0.4 is 4.72 Å². The third-order valence-electron chi connectivity index (χ3n) is 1.78. The van der Waals surface area contributed by atoms with E-state index in [0.29, 0.717) is 0 Å². The van der Waals surface area contributed by atoms with Gasteiger partial charge in [0.25, 0.3) is 0 Å². The van der Waals surface area contributed by atoms with Crippen molar-refractivity contribution in [2.75, 3.05) is 10.5 Å². The van der Waals surface area contributed by atoms with Crippen LogP contribution in [0.25, 0.3) is 0 Å². The van der Waals surface area contributed by atoms with Crippen LogP contribution in [0.4, 0.5) is 10.1 Å². The molecule has 2 N–H and O–H groups in total. The van der Waals surface area contributed by atoms with E-state index in [4.69, 9.17) is 16.7 Å². The van der Waals surface area contributed by atoms with E-state index in [1.165, 1.54) is 6.07 Å². The van der Waals surface area contributed by atoms with Crippen LogP contribution in [-0.4, -0.2) is 25.2 Å². The summed E-state index contributed by atoms with van der Waals surface area (Å²) in [6, 6.07) is 3.31. The normalized spacial score (nSPS) is 11.2. The highest BCUT2D eigenvalue weighted by Crippen LogP contribution is 2.20. The summed E-state index contributed by atoms with van der Waals surface area (Å²) in [6.45, 7) is 0. The van der Waals surface area contributed by atoms with Gasteiger partial charge in [0.2, 0.25) is 10.0 Å². The molecular weight excluding hydrogens is 273 g/mol. The molecule has 0 fully saturated rings. The number of hydrogen-bond donors (Lipinski definition) is 2. The molecule has 0 atom stereocenters. The Balaban J connectivity index is 2.76. The van der Waals surface area contributed by atoms with Gasteiger partial charge in [0.05, 0.1) is 22.9 Å². The minimum atomic E-state index is -3.77. The Labute approximate surface area is 102 Å². The first kappa shape index (κ1) is 13.7. The fourth-order valence-electron chi connectivity index (χ4n) is 1.01. The lowest BCUT2D eigenvalue weighted by Gasteiger charge is -2.07. The monoisotopic (exact) mass is 281 g/mol. The average molecular weight is 282 g/mol. The van der Waals surface area contributed by atoms with Crippen molar-refractivity contribution < 1.29 is 22.7 Å². The summed E-state index contributed by atoms with van der Waals surface area (Å²) in [4.78, 5) is 10.2. The van der Waals surface area contributed by atoms with Crippen molar-refractivity contribution >= 4 is 33.3 Å². The van der Waals surface area contributed by atoms with Crippen LogP contribution in [0.1, 0.15) is 6.42 Å². The van der Waals surface area contributed by atoms with Crippen LogP contribution in [0, 0.1) is 5.82 Å². The lowest BCUT2D eigenvalue weighted by Crippen LogP contribution is -2.18. The number of aliphatic carboxylic acids is 1. The van der Waals surface area contributed by atoms with Crippen LogP contribution in [0.5, 0.6) is 0 Å². The summed E-state index contributed by atoms with van der Waals surface area (Å²) in [5.41, 5.74) is 0.0850. The Morgan fingerprint density at radius 2 is 2.12 bits per heavy atom. The first-order valence-electron chi connectivity index (χ1n) is 4.47. The SMILES string of the molecule is O=C(O)CCS(=O)(=O)Nc1ccc(F)c(Cl)c1. The topological polar surface area (TPSA) is 83.5 Å². The quantitative estimate of drug-likeness (QED) is 0.860. The minimum absolute atomic E-state index is 0.0850. The number of anilines is 1. The summed E-state index contributed by atoms with van der Waals surface area (Å²) < 4.78 is 37.7. The summed E-state index contributed by atoms with van der Waals surface area (Å²) in [6.07, 6.45) is -0.510. The van der Waals surface area contributed by atoms with Crippen LogP contribution >= 0.6 is 11.6 Å². The van der Waals surface area contributed by atoms with E-state index in [1.54, 1.807) is 0 Å². The number of carboxylic acids is 1. The zero-order chi connectivity index (χ0) is 13.1. The molecule has 94 valence electrons. The number of benzene rings is 1. The first-order chi connectivity index (χ1) is 7.80. The van der Waals surface area contributed by atoms with Gasteiger partial charge < -0.3 is 5.11 Å². The molecule has 0 bridgehead atoms. The number of rotatable bonds is 5. The fourth-order valence-corrected chi connectivity index (χ4v) is 2.22. The Kier molecular flexibility index (Phi) is 4.30. The van der Waals surface area contributed by atoms with E-state index in [0.717, 1.165) is 12.1 Å². The van der Waals surface area contributed by atoms with Crippen molar-refractivity contribution in [1.29, 1.82) is 0 Å². The molecule has 8 heteroatoms. The maximum Gasteiger partial charge on any atom is 0.304 e. The van der Waals surface area contributed by atoms with E-state index in [9.17, 15) is 17.6 Å². The summed E-state index contributed by atoms with van der Waals surface area (Å²) in [5.74, 6) is -2.44. The molecule has 1 aromatic carbocycles. The van der Waals surface area contributed by atoms with Gasteiger partial charge >= 0.3 is 5.97 Å². The van der Waals surface area contributed by atoms with E-state index in [-0.39, 0.29) is 10.7 Å². The molecule has 0 amide bonds. The minimum Gasteiger partial charge on any atom is -0.481 e. The van der Waals surface area contributed by atoms with Crippen molar-refractivity contribution in [3.8, 4) is 0 Å². The largest absolute Gasteiger partial charge is 0.481 e. The Hall–Kier alpha value is -1.34. The van der Waals surface area contributed by atoms with Crippen LogP contribution in [-0.2, 0) is 14.8 Å². The van der Waals surface area contributed by atoms with E-state index < -0.39 is 34.0 Å². The number of carbonyl (C=O) groups is 1. The predicted octanol–water partition coefficient (Wildman–Crippen LogP) is 1.70. The van der Waals surface area contributed by atoms with Gasteiger partial charge in [-0.25, -0.2) is 12.8 Å². The van der Waals surface area contributed by atoms with Gasteiger partial charge in [0.1, 0.15) is 5.82 Å². The molecule has 1 aromatic rings. The highest BCUT2D eigenvalue weighted by Gasteiger charge is 2.13. The zero-order valence-corrected chi connectivity index (χ0v) is 10.1. The van der Waals surface area contributed by atoms with Gasteiger partial charge in [0, 0.05) is 0 Å². The zero-order valence-electron chi connectivity index (χ0n) is 8.48. The van der Waals surface area contributed by atoms with Gasteiger partial charge in [0.15, 0.2) is 0 Å². The van der Waals surface area contributed by atoms with Crippen LogP contribution in [0.15, 0.2) is 18.2 Å². The van der Waals surface area contributed by atoms with Crippen molar-refractivity contribution in [3.63, 3.8) is 0 Å². The number of nitrogens with one attached hydrogen (secondary N) is 1. The maximum absolute atomic E-state index is 12.8. The van der Waals surface area contributed by atoms with Gasteiger partial charge in [-0.15, -0.1) is 0 Å². The highest BCUT2D eigenvalue weighted by atomic mass is 35.5. The summed E-state index contributed by atoms with van der Waals surface area (Å²) >= 11 is 5.47. The Morgan fingerprint density at radius 1 is 1.47 bits per heavy atom. The number of carboxylic acid groups (broad SMARTS) is 1. The summed E-state index contributed by atoms with van der Waals surface area (Å²) in [7, 11) is -3.77. The predicted molar refractivity (Wildman–Crippen MR) is 61.1 cm³/mol. The van der Waals surface area contributed by atoms with E-state index in [1.807, 2.05) is 0 Å². The number of halogens is 2. The molecule has 0 aromatic heterocycles. The Bertz CT molecular complexity index is 532. The molecule has 0 spiro atoms. The highest BCUT2D eigenvalue weighted by molar-refractivity contribution is 7.92. The second-order valence-corrected chi connectivity index (χ2v) is 5.44. The molecule has 0 radical (unpaired) electrons. The number of hydrogen-bond acceptors (Lipinski definition) is 3. The number of sulfonamides is 1. The van der Waals surface area contributed by atoms with Gasteiger partial charge in [-0.2, -0.15) is 0 Å². The van der Waals surface area contributed by atoms with Crippen LogP contribution in [0.3, 0.4) is 0 Å². The molecule has 0 heterocycles. The summed E-state index contributed by atoms with van der Waals surface area (Å²) in [5, 5.41) is 8.14. The molecule has 0 saturated heterocycles. The smallest absolute Gasteiger partial charge is 0.304 e. The molecule has 17 heavy (non-hydrogen) atoms. The second-order valence-electron chi connectivity index (χ2n) is 3.19. The third kappa shape index (κ3) is 4.58. The van der Waals surface area contributed by atoms with Crippen molar-refractivity contribution in [2.24, 2.45) is 0 Å². The lowest BCUT2D eigenvalue weighted by atomic mass is 10.3. The van der Waals surface area contributed by atoms with Gasteiger partial charge in [-0.05, 0) is 18.2 Å². The standard InChI is InChI=1S/C9H9ClFNO4S/c10-7-5-6(1-2-8(7)11)12-17(15,16)4-3-9(13)14/h1-2,5,12H,3-4H2,(H,13,14). The molecule has 0 saturated carbocycles. The molecule has 5 nitrogen and oxygen atoms in total. The lowest BCUT2D eigenvalue weighted by molar-refractivity contribution is -0.136. The molecule has 0 unspecified atom stereocenters. The molecule has 1 rings (SSSR count). The van der Waals surface area contributed by atoms with Crippen molar-refractivity contribution in [1.82, 2.24) is 0 Å². The van der Waals surface area contributed by atoms with Crippen LogP contribution in [0.2, 0.25) is 5.02 Å². The fraction of sp³-hybridized carbons (Fsp3) is 0.222. The van der Waals surface area contributed by atoms with E-state index in [2.05, 4.69) is 4.72 Å². The van der Waals surface area contributed by atoms with Crippen molar-refractivity contribution in [2.45, 2.75) is 6.42 Å². The Morgan fingerprint density at radius 3 is 2.65 bits per heavy atom. The third-order valence-corrected chi connectivity index (χ3v) is 3.36. The molecular formula is C9H9ClFNO4S. The van der Waals surface area contributed by atoms with Gasteiger partial charge in [-0.1, -0.05) is 11.6 Å². The molecule has 0 aliphatic heterocycles. The second kappa shape index (κ2) is 5.33. The van der Waals surface area contributed by atoms with Crippen molar-refractivity contribution in [3.05, 3.63) is 29.0 Å². The molecule has 0 aliphatic carbocycles. The maximum atomic E-state index is 12.8. The average Bonchev–Trinajstić information content (AvgIpc) is 2.21. The first-order valence-corrected chi connectivity index (χ1v) is 6.50. The van der Waals surface area contributed by atoms with Gasteiger partial charge in [-0.3, -0.25) is 9.52 Å². The molecule has 0 aliphatic rings. The van der Waals surface area contributed by atoms with E-state index >= 15 is 0 Å².